The summed E-state index contributed by atoms with van der Waals surface area (Å²) in [5.74, 6) is 0.891. The van der Waals surface area contributed by atoms with E-state index in [9.17, 15) is 4.39 Å². The molecule has 19 heavy (non-hydrogen) atoms. The van der Waals surface area contributed by atoms with Gasteiger partial charge in [-0.3, -0.25) is 0 Å². The van der Waals surface area contributed by atoms with Crippen LogP contribution >= 0.6 is 0 Å². The van der Waals surface area contributed by atoms with E-state index in [1.807, 2.05) is 24.3 Å². The topological polar surface area (TPSA) is 44.5 Å². The van der Waals surface area contributed by atoms with Crippen LogP contribution in [0.25, 0.3) is 0 Å². The van der Waals surface area contributed by atoms with E-state index in [-0.39, 0.29) is 11.9 Å². The van der Waals surface area contributed by atoms with E-state index < -0.39 is 0 Å². The first-order valence-electron chi connectivity index (χ1n) is 6.15. The van der Waals surface area contributed by atoms with Crippen LogP contribution in [0.2, 0.25) is 0 Å². The molecule has 0 aromatic heterocycles. The third-order valence-electron chi connectivity index (χ3n) is 3.11. The van der Waals surface area contributed by atoms with E-state index in [0.717, 1.165) is 12.2 Å². The van der Waals surface area contributed by atoms with E-state index in [0.29, 0.717) is 18.0 Å². The number of anilines is 1. The molecule has 1 heterocycles. The standard InChI is InChI=1S/C15H14FNO2/c16-11-5-6-13(17)15(8-11)18-9-12-7-10-3-1-2-4-14(10)19-12/h1-6,8,12H,7,9,17H2. The van der Waals surface area contributed by atoms with E-state index in [4.69, 9.17) is 15.2 Å². The lowest BCUT2D eigenvalue weighted by atomic mass is 10.1. The summed E-state index contributed by atoms with van der Waals surface area (Å²) in [7, 11) is 0. The van der Waals surface area contributed by atoms with Crippen LogP contribution in [-0.2, 0) is 6.42 Å². The van der Waals surface area contributed by atoms with Crippen LogP contribution in [0, 0.1) is 5.82 Å². The number of ether oxygens (including phenoxy) is 2. The van der Waals surface area contributed by atoms with E-state index in [2.05, 4.69) is 0 Å². The molecule has 0 saturated heterocycles. The minimum atomic E-state index is -0.361. The van der Waals surface area contributed by atoms with Crippen molar-refractivity contribution in [2.75, 3.05) is 12.3 Å². The maximum Gasteiger partial charge on any atom is 0.145 e. The fourth-order valence-electron chi connectivity index (χ4n) is 2.16. The van der Waals surface area contributed by atoms with E-state index in [1.165, 1.54) is 23.8 Å². The fraction of sp³-hybridized carbons (Fsp3) is 0.200. The van der Waals surface area contributed by atoms with Crippen molar-refractivity contribution in [2.45, 2.75) is 12.5 Å². The smallest absolute Gasteiger partial charge is 0.145 e. The van der Waals surface area contributed by atoms with Crippen molar-refractivity contribution in [3.8, 4) is 11.5 Å². The molecule has 0 amide bonds. The number of rotatable bonds is 3. The molecule has 3 rings (SSSR count). The highest BCUT2D eigenvalue weighted by atomic mass is 19.1. The predicted molar refractivity (Wildman–Crippen MR) is 70.9 cm³/mol. The van der Waals surface area contributed by atoms with Gasteiger partial charge >= 0.3 is 0 Å². The van der Waals surface area contributed by atoms with Crippen LogP contribution in [0.4, 0.5) is 10.1 Å². The van der Waals surface area contributed by atoms with Gasteiger partial charge in [-0.05, 0) is 23.8 Å². The maximum absolute atomic E-state index is 13.1. The van der Waals surface area contributed by atoms with Crippen molar-refractivity contribution in [3.05, 3.63) is 53.8 Å². The molecule has 0 radical (unpaired) electrons. The highest BCUT2D eigenvalue weighted by molar-refractivity contribution is 5.52. The molecule has 0 spiro atoms. The van der Waals surface area contributed by atoms with Gasteiger partial charge in [0.1, 0.15) is 30.0 Å². The number of nitrogen functional groups attached to an aromatic ring is 1. The zero-order chi connectivity index (χ0) is 13.2. The Morgan fingerprint density at radius 1 is 1.26 bits per heavy atom. The van der Waals surface area contributed by atoms with Crippen LogP contribution in [-0.4, -0.2) is 12.7 Å². The number of hydrogen-bond donors (Lipinski definition) is 1. The lowest BCUT2D eigenvalue weighted by Gasteiger charge is -2.13. The summed E-state index contributed by atoms with van der Waals surface area (Å²) in [4.78, 5) is 0. The van der Waals surface area contributed by atoms with Crippen LogP contribution in [0.5, 0.6) is 11.5 Å². The minimum Gasteiger partial charge on any atom is -0.487 e. The Balaban J connectivity index is 1.64. The Morgan fingerprint density at radius 3 is 2.95 bits per heavy atom. The Morgan fingerprint density at radius 2 is 2.11 bits per heavy atom. The molecule has 1 aliphatic heterocycles. The van der Waals surface area contributed by atoms with Gasteiger partial charge in [-0.25, -0.2) is 4.39 Å². The van der Waals surface area contributed by atoms with Crippen molar-refractivity contribution >= 4 is 5.69 Å². The number of hydrogen-bond acceptors (Lipinski definition) is 3. The van der Waals surface area contributed by atoms with Crippen LogP contribution < -0.4 is 15.2 Å². The first kappa shape index (κ1) is 11.8. The van der Waals surface area contributed by atoms with Gasteiger partial charge in [0.15, 0.2) is 0 Å². The molecule has 1 unspecified atom stereocenters. The number of para-hydroxylation sites is 1. The molecule has 4 heteroatoms. The van der Waals surface area contributed by atoms with E-state index in [1.54, 1.807) is 0 Å². The summed E-state index contributed by atoms with van der Waals surface area (Å²) in [6.45, 7) is 0.350. The molecule has 2 N–H and O–H groups in total. The molecule has 0 saturated carbocycles. The molecule has 0 bridgehead atoms. The Bertz CT molecular complexity index is 575. The lowest BCUT2D eigenvalue weighted by Crippen LogP contribution is -2.22. The van der Waals surface area contributed by atoms with Crippen molar-refractivity contribution in [2.24, 2.45) is 0 Å². The van der Waals surface area contributed by atoms with Gasteiger partial charge in [0, 0.05) is 12.5 Å². The number of halogens is 1. The van der Waals surface area contributed by atoms with Gasteiger partial charge in [-0.2, -0.15) is 0 Å². The first-order valence-corrected chi connectivity index (χ1v) is 6.15. The third-order valence-corrected chi connectivity index (χ3v) is 3.11. The second-order valence-corrected chi connectivity index (χ2v) is 4.54. The Kier molecular flexibility index (Phi) is 2.99. The highest BCUT2D eigenvalue weighted by Crippen LogP contribution is 2.29. The monoisotopic (exact) mass is 259 g/mol. The molecule has 3 nitrogen and oxygen atoms in total. The molecule has 1 aliphatic rings. The lowest BCUT2D eigenvalue weighted by molar-refractivity contribution is 0.149. The molecule has 2 aromatic rings. The largest absolute Gasteiger partial charge is 0.487 e. The predicted octanol–water partition coefficient (Wildman–Crippen LogP) is 2.79. The molecule has 1 atom stereocenters. The Hall–Kier alpha value is -2.23. The summed E-state index contributed by atoms with van der Waals surface area (Å²) in [5, 5.41) is 0. The quantitative estimate of drug-likeness (QED) is 0.862. The van der Waals surface area contributed by atoms with Gasteiger partial charge < -0.3 is 15.2 Å². The summed E-state index contributed by atoms with van der Waals surface area (Å²) >= 11 is 0. The van der Waals surface area contributed by atoms with Crippen molar-refractivity contribution in [1.82, 2.24) is 0 Å². The zero-order valence-corrected chi connectivity index (χ0v) is 10.3. The summed E-state index contributed by atoms with van der Waals surface area (Å²) in [5.41, 5.74) is 7.32. The van der Waals surface area contributed by atoms with Gasteiger partial charge in [-0.15, -0.1) is 0 Å². The molecular weight excluding hydrogens is 245 g/mol. The van der Waals surface area contributed by atoms with Crippen molar-refractivity contribution < 1.29 is 13.9 Å². The van der Waals surface area contributed by atoms with Gasteiger partial charge in [0.25, 0.3) is 0 Å². The molecule has 98 valence electrons. The Labute approximate surface area is 110 Å². The van der Waals surface area contributed by atoms with Crippen molar-refractivity contribution in [3.63, 3.8) is 0 Å². The summed E-state index contributed by atoms with van der Waals surface area (Å²) in [6, 6.07) is 12.0. The molecular formula is C15H14FNO2. The average molecular weight is 259 g/mol. The van der Waals surface area contributed by atoms with E-state index >= 15 is 0 Å². The number of benzene rings is 2. The van der Waals surface area contributed by atoms with Gasteiger partial charge in [0.05, 0.1) is 5.69 Å². The normalized spacial score (nSPS) is 16.8. The number of nitrogens with two attached hydrogens (primary N) is 1. The van der Waals surface area contributed by atoms with Gasteiger partial charge in [-0.1, -0.05) is 18.2 Å². The number of fused-ring (bicyclic) bond motifs is 1. The SMILES string of the molecule is Nc1ccc(F)cc1OCC1Cc2ccccc2O1. The second kappa shape index (κ2) is 4.80. The molecule has 0 fully saturated rings. The fourth-order valence-corrected chi connectivity index (χ4v) is 2.16. The molecule has 2 aromatic carbocycles. The highest BCUT2D eigenvalue weighted by Gasteiger charge is 2.23. The molecule has 0 aliphatic carbocycles. The maximum atomic E-state index is 13.1. The zero-order valence-electron chi connectivity index (χ0n) is 10.3. The van der Waals surface area contributed by atoms with Crippen molar-refractivity contribution in [1.29, 1.82) is 0 Å². The minimum absolute atomic E-state index is 0.0555. The van der Waals surface area contributed by atoms with Crippen LogP contribution in [0.3, 0.4) is 0 Å². The van der Waals surface area contributed by atoms with Gasteiger partial charge in [0.2, 0.25) is 0 Å². The van der Waals surface area contributed by atoms with Crippen LogP contribution in [0.15, 0.2) is 42.5 Å². The summed E-state index contributed by atoms with van der Waals surface area (Å²) in [6.07, 6.45) is 0.742. The summed E-state index contributed by atoms with van der Waals surface area (Å²) < 4.78 is 24.4. The average Bonchev–Trinajstić information content (AvgIpc) is 2.82. The second-order valence-electron chi connectivity index (χ2n) is 4.54. The van der Waals surface area contributed by atoms with Crippen LogP contribution in [0.1, 0.15) is 5.56 Å². The first-order chi connectivity index (χ1) is 9.22. The third kappa shape index (κ3) is 2.47.